The average Bonchev–Trinajstić information content (AvgIpc) is 3.92. The van der Waals surface area contributed by atoms with Gasteiger partial charge in [-0.2, -0.15) is 0 Å². The topological polar surface area (TPSA) is 156 Å². The standard InChI is InChI=1S/C43H57F5N9O4P/c1-21(2)34(53-38(58)23(5)49-7)40(60)56-19-42(46,47)16-27(56)15-30-29-11-9-25(44)13-31(29)51-36(30)37-52-32-14-26(45)10-12-33(32)55(37)18-28-17-43(48,62)20-57(28)41(61)35(22(3)4)54-39(59)24(6)50-8/h9-14,21-24,27-28,34-35,49-51H,15-20,62H2,1-8H3,(H,53,58)(H,54,59)/t23-,24-,27+,28-,34-,35-,43?/m0/s1. The van der Waals surface area contributed by atoms with Gasteiger partial charge in [0.05, 0.1) is 47.9 Å². The lowest BCUT2D eigenvalue weighted by Gasteiger charge is -2.32. The van der Waals surface area contributed by atoms with E-state index in [1.54, 1.807) is 60.2 Å². The van der Waals surface area contributed by atoms with Crippen molar-refractivity contribution in [1.29, 1.82) is 0 Å². The van der Waals surface area contributed by atoms with Crippen LogP contribution < -0.4 is 21.3 Å². The number of likely N-dealkylation sites (tertiary alicyclic amines) is 2. The first kappa shape index (κ1) is 46.8. The number of H-pyrrole nitrogens is 1. The lowest BCUT2D eigenvalue weighted by atomic mass is 9.97. The molecule has 62 heavy (non-hydrogen) atoms. The number of rotatable bonds is 15. The molecule has 4 amide bonds. The van der Waals surface area contributed by atoms with Crippen LogP contribution in [0.2, 0.25) is 0 Å². The number of amides is 4. The van der Waals surface area contributed by atoms with Crippen LogP contribution in [0.4, 0.5) is 22.0 Å². The van der Waals surface area contributed by atoms with E-state index >= 15 is 13.2 Å². The highest BCUT2D eigenvalue weighted by Crippen LogP contribution is 2.42. The smallest absolute Gasteiger partial charge is 0.267 e. The van der Waals surface area contributed by atoms with Gasteiger partial charge in [-0.3, -0.25) is 19.2 Å². The summed E-state index contributed by atoms with van der Waals surface area (Å²) < 4.78 is 78.5. The second kappa shape index (κ2) is 18.2. The van der Waals surface area contributed by atoms with Crippen molar-refractivity contribution < 1.29 is 41.1 Å². The lowest BCUT2D eigenvalue weighted by molar-refractivity contribution is -0.139. The summed E-state index contributed by atoms with van der Waals surface area (Å²) in [5.41, 5.74) is 1.60. The third kappa shape index (κ3) is 9.76. The molecule has 2 unspecified atom stereocenters. The number of carbonyl (C=O) groups is 4. The number of hydrogen-bond donors (Lipinski definition) is 5. The highest BCUT2D eigenvalue weighted by Gasteiger charge is 2.50. The summed E-state index contributed by atoms with van der Waals surface area (Å²) in [7, 11) is 5.37. The van der Waals surface area contributed by atoms with Crippen molar-refractivity contribution in [3.05, 3.63) is 53.6 Å². The number of nitrogens with one attached hydrogen (secondary N) is 5. The normalized spacial score (nSPS) is 22.1. The van der Waals surface area contributed by atoms with Gasteiger partial charge in [-0.05, 0) is 82.1 Å². The maximum absolute atomic E-state index is 16.1. The fourth-order valence-corrected chi connectivity index (χ4v) is 8.97. The van der Waals surface area contributed by atoms with Gasteiger partial charge in [0.25, 0.3) is 5.92 Å². The van der Waals surface area contributed by atoms with Gasteiger partial charge in [-0.1, -0.05) is 36.9 Å². The molecule has 13 nitrogen and oxygen atoms in total. The highest BCUT2D eigenvalue weighted by molar-refractivity contribution is 7.18. The highest BCUT2D eigenvalue weighted by atomic mass is 31.0. The second-order valence-electron chi connectivity index (χ2n) is 17.6. The summed E-state index contributed by atoms with van der Waals surface area (Å²) in [6.45, 7) is 8.97. The van der Waals surface area contributed by atoms with Crippen molar-refractivity contribution in [1.82, 2.24) is 45.6 Å². The Bertz CT molecular complexity index is 2170. The van der Waals surface area contributed by atoms with Crippen LogP contribution in [0.5, 0.6) is 0 Å². The zero-order valence-electron chi connectivity index (χ0n) is 36.2. The van der Waals surface area contributed by atoms with E-state index in [9.17, 15) is 28.0 Å². The maximum atomic E-state index is 16.1. The quantitative estimate of drug-likeness (QED) is 0.0842. The van der Waals surface area contributed by atoms with E-state index in [4.69, 9.17) is 4.98 Å². The molecule has 0 saturated carbocycles. The van der Waals surface area contributed by atoms with Crippen molar-refractivity contribution >= 4 is 54.8 Å². The molecule has 338 valence electrons. The summed E-state index contributed by atoms with van der Waals surface area (Å²) in [6, 6.07) is 2.65. The average molecular weight is 890 g/mol. The Morgan fingerprint density at radius 1 is 0.806 bits per heavy atom. The van der Waals surface area contributed by atoms with Crippen LogP contribution in [0.25, 0.3) is 33.5 Å². The summed E-state index contributed by atoms with van der Waals surface area (Å²) in [6.07, 6.45) is -0.986. The molecule has 4 heterocycles. The minimum atomic E-state index is -3.28. The van der Waals surface area contributed by atoms with Gasteiger partial charge in [0, 0.05) is 42.4 Å². The molecular formula is C43H57F5N9O4P. The van der Waals surface area contributed by atoms with Gasteiger partial charge in [0.1, 0.15) is 29.1 Å². The molecule has 2 saturated heterocycles. The minimum Gasteiger partial charge on any atom is -0.352 e. The Morgan fingerprint density at radius 3 is 1.92 bits per heavy atom. The molecule has 4 aromatic rings. The molecular weight excluding hydrogens is 832 g/mol. The Kier molecular flexibility index (Phi) is 13.7. The Labute approximate surface area is 359 Å². The third-order valence-electron chi connectivity index (χ3n) is 12.1. The number of halogens is 5. The van der Waals surface area contributed by atoms with E-state index in [1.165, 1.54) is 41.3 Å². The molecule has 0 aliphatic carbocycles. The molecule has 5 N–H and O–H groups in total. The number of imidazole rings is 1. The number of alkyl halides is 3. The van der Waals surface area contributed by atoms with Crippen LogP contribution in [0, 0.1) is 23.5 Å². The summed E-state index contributed by atoms with van der Waals surface area (Å²) in [5, 5.41) is 9.75. The van der Waals surface area contributed by atoms with Crippen molar-refractivity contribution in [2.24, 2.45) is 11.8 Å². The van der Waals surface area contributed by atoms with Crippen molar-refractivity contribution in [2.45, 2.75) is 115 Å². The number of aromatic nitrogens is 3. The van der Waals surface area contributed by atoms with Crippen molar-refractivity contribution in [2.75, 3.05) is 27.2 Å². The molecule has 2 aliphatic rings. The predicted molar refractivity (Wildman–Crippen MR) is 230 cm³/mol. The fraction of sp³-hybridized carbons (Fsp3) is 0.558. The van der Waals surface area contributed by atoms with E-state index in [0.717, 1.165) is 4.90 Å². The number of hydrogen-bond acceptors (Lipinski definition) is 7. The zero-order valence-corrected chi connectivity index (χ0v) is 37.4. The molecule has 2 aromatic carbocycles. The number of benzene rings is 2. The molecule has 2 aromatic heterocycles. The number of likely N-dealkylation sites (N-methyl/N-ethyl adjacent to an activating group) is 2. The van der Waals surface area contributed by atoms with E-state index in [-0.39, 0.29) is 48.9 Å². The van der Waals surface area contributed by atoms with E-state index in [0.29, 0.717) is 22.0 Å². The minimum absolute atomic E-state index is 0.0644. The van der Waals surface area contributed by atoms with Crippen molar-refractivity contribution in [3.8, 4) is 11.5 Å². The van der Waals surface area contributed by atoms with E-state index in [1.807, 2.05) is 0 Å². The first-order chi connectivity index (χ1) is 29.0. The van der Waals surface area contributed by atoms with Gasteiger partial charge < -0.3 is 40.6 Å². The molecule has 0 bridgehead atoms. The fourth-order valence-electron chi connectivity index (χ4n) is 8.50. The molecule has 19 heteroatoms. The van der Waals surface area contributed by atoms with E-state index in [2.05, 4.69) is 35.5 Å². The van der Waals surface area contributed by atoms with Gasteiger partial charge in [-0.25, -0.2) is 26.9 Å². The third-order valence-corrected chi connectivity index (χ3v) is 12.6. The molecule has 8 atom stereocenters. The number of nitrogens with zero attached hydrogens (tertiary/aromatic N) is 4. The van der Waals surface area contributed by atoms with Crippen molar-refractivity contribution in [3.63, 3.8) is 0 Å². The van der Waals surface area contributed by atoms with Crippen LogP contribution in [-0.2, 0) is 32.1 Å². The lowest BCUT2D eigenvalue weighted by Crippen LogP contribution is -2.56. The van der Waals surface area contributed by atoms with Crippen LogP contribution in [0.3, 0.4) is 0 Å². The number of carbonyl (C=O) groups excluding carboxylic acids is 4. The zero-order chi connectivity index (χ0) is 45.6. The first-order valence-corrected chi connectivity index (χ1v) is 21.5. The number of aromatic amines is 1. The van der Waals surface area contributed by atoms with Crippen LogP contribution in [-0.4, -0.2) is 123 Å². The first-order valence-electron chi connectivity index (χ1n) is 20.9. The molecule has 0 spiro atoms. The number of fused-ring (bicyclic) bond motifs is 2. The summed E-state index contributed by atoms with van der Waals surface area (Å²) in [4.78, 5) is 65.0. The maximum Gasteiger partial charge on any atom is 0.267 e. The molecule has 0 radical (unpaired) electrons. The van der Waals surface area contributed by atoms with Gasteiger partial charge >= 0.3 is 0 Å². The predicted octanol–water partition coefficient (Wildman–Crippen LogP) is 4.88. The summed E-state index contributed by atoms with van der Waals surface area (Å²) >= 11 is 0. The second-order valence-corrected chi connectivity index (χ2v) is 18.6. The van der Waals surface area contributed by atoms with E-state index < -0.39 is 102 Å². The van der Waals surface area contributed by atoms with Gasteiger partial charge in [0.2, 0.25) is 23.6 Å². The van der Waals surface area contributed by atoms with Crippen LogP contribution in [0.15, 0.2) is 36.4 Å². The molecule has 2 fully saturated rings. The largest absolute Gasteiger partial charge is 0.352 e. The summed E-state index contributed by atoms with van der Waals surface area (Å²) in [5.74, 6) is -7.15. The SMILES string of the molecule is CN[C@@H](C)C(=O)N[C@H](C(=O)N1CC(F)(F)C[C@H]1Cc1c(-c2nc3cc(F)ccc3n2C[C@@H]2CC(F)(P)CN2C(=O)[C@@H](NC(=O)[C@H](C)NC)C(C)C)[nH]c2cc(F)ccc12)C(C)C. The Hall–Kier alpha value is -4.67. The van der Waals surface area contributed by atoms with Gasteiger partial charge in [-0.15, -0.1) is 0 Å². The molecule has 6 rings (SSSR count). The molecule has 2 aliphatic heterocycles. The van der Waals surface area contributed by atoms with Gasteiger partial charge in [0.15, 0.2) is 5.82 Å². The van der Waals surface area contributed by atoms with Crippen LogP contribution >= 0.6 is 9.24 Å². The monoisotopic (exact) mass is 889 g/mol. The Balaban J connectivity index is 1.44. The van der Waals surface area contributed by atoms with Crippen LogP contribution in [0.1, 0.15) is 59.9 Å². The Morgan fingerprint density at radius 2 is 1.35 bits per heavy atom.